The summed E-state index contributed by atoms with van der Waals surface area (Å²) in [4.78, 5) is 3.39. The van der Waals surface area contributed by atoms with Crippen molar-refractivity contribution in [2.45, 2.75) is 37.2 Å². The number of aromatic nitrogens is 1. The van der Waals surface area contributed by atoms with Gasteiger partial charge in [-0.05, 0) is 44.4 Å². The molecule has 1 aliphatic rings. The molecule has 0 atom stereocenters. The van der Waals surface area contributed by atoms with Crippen LogP contribution in [0.25, 0.3) is 10.9 Å². The first-order valence-electron chi connectivity index (χ1n) is 7.14. The fourth-order valence-corrected chi connectivity index (χ4v) is 3.55. The number of aromatic amines is 1. The number of benzene rings is 1. The van der Waals surface area contributed by atoms with Crippen LogP contribution in [0, 0.1) is 0 Å². The molecule has 3 rings (SSSR count). The zero-order valence-electron chi connectivity index (χ0n) is 11.4. The van der Waals surface area contributed by atoms with Crippen LogP contribution in [-0.4, -0.2) is 29.8 Å². The summed E-state index contributed by atoms with van der Waals surface area (Å²) in [5, 5.41) is 14.5. The lowest BCUT2D eigenvalue weighted by molar-refractivity contribution is 0.0956. The first-order valence-corrected chi connectivity index (χ1v) is 7.14. The minimum Gasteiger partial charge on any atom is -0.393 e. The van der Waals surface area contributed by atoms with Gasteiger partial charge in [-0.15, -0.1) is 0 Å². The predicted molar refractivity (Wildman–Crippen MR) is 78.4 cm³/mol. The smallest absolute Gasteiger partial charge is 0.0541 e. The Morgan fingerprint density at radius 2 is 2.05 bits per heavy atom. The molecule has 1 aliphatic carbocycles. The van der Waals surface area contributed by atoms with Crippen molar-refractivity contribution in [3.8, 4) is 0 Å². The average Bonchev–Trinajstić information content (AvgIpc) is 2.86. The highest BCUT2D eigenvalue weighted by Gasteiger charge is 2.37. The highest BCUT2D eigenvalue weighted by molar-refractivity contribution is 5.84. The first-order chi connectivity index (χ1) is 9.25. The molecule has 3 N–H and O–H groups in total. The molecule has 1 aromatic carbocycles. The van der Waals surface area contributed by atoms with E-state index in [2.05, 4.69) is 40.8 Å². The van der Waals surface area contributed by atoms with Crippen LogP contribution in [0.5, 0.6) is 0 Å². The van der Waals surface area contributed by atoms with Crippen LogP contribution < -0.4 is 5.32 Å². The second-order valence-electron chi connectivity index (χ2n) is 5.79. The number of aliphatic hydroxyl groups excluding tert-OH is 1. The van der Waals surface area contributed by atoms with Crippen molar-refractivity contribution in [1.29, 1.82) is 0 Å². The van der Waals surface area contributed by atoms with Gasteiger partial charge < -0.3 is 15.4 Å². The third-order valence-corrected chi connectivity index (χ3v) is 4.59. The Morgan fingerprint density at radius 1 is 1.32 bits per heavy atom. The van der Waals surface area contributed by atoms with Crippen molar-refractivity contribution in [2.75, 3.05) is 13.6 Å². The average molecular weight is 258 g/mol. The summed E-state index contributed by atoms with van der Waals surface area (Å²) in [6, 6.07) is 8.50. The number of rotatable bonds is 3. The number of nitrogens with one attached hydrogen (secondary N) is 2. The lowest BCUT2D eigenvalue weighted by Crippen LogP contribution is -2.41. The predicted octanol–water partition coefficient (Wildman–Crippen LogP) is 2.56. The maximum atomic E-state index is 9.79. The summed E-state index contributed by atoms with van der Waals surface area (Å²) in [5.74, 6) is 0. The monoisotopic (exact) mass is 258 g/mol. The van der Waals surface area contributed by atoms with Crippen LogP contribution in [-0.2, 0) is 5.41 Å². The van der Waals surface area contributed by atoms with Gasteiger partial charge in [0.2, 0.25) is 0 Å². The minimum absolute atomic E-state index is 0.116. The Balaban J connectivity index is 2.04. The van der Waals surface area contributed by atoms with Gasteiger partial charge in [0.25, 0.3) is 0 Å². The highest BCUT2D eigenvalue weighted by atomic mass is 16.3. The van der Waals surface area contributed by atoms with Crippen LogP contribution in [0.4, 0.5) is 0 Å². The van der Waals surface area contributed by atoms with E-state index in [1.165, 1.54) is 16.5 Å². The summed E-state index contributed by atoms with van der Waals surface area (Å²) < 4.78 is 0. The van der Waals surface area contributed by atoms with Gasteiger partial charge in [-0.3, -0.25) is 0 Å². The van der Waals surface area contributed by atoms with E-state index in [1.807, 2.05) is 7.05 Å². The van der Waals surface area contributed by atoms with Crippen LogP contribution in [0.15, 0.2) is 30.5 Å². The maximum absolute atomic E-state index is 9.79. The van der Waals surface area contributed by atoms with Crippen LogP contribution in [0.2, 0.25) is 0 Å². The van der Waals surface area contributed by atoms with Gasteiger partial charge in [0.15, 0.2) is 0 Å². The highest BCUT2D eigenvalue weighted by Crippen LogP contribution is 2.42. The largest absolute Gasteiger partial charge is 0.393 e. The third-order valence-electron chi connectivity index (χ3n) is 4.59. The lowest BCUT2D eigenvalue weighted by Gasteiger charge is -2.39. The van der Waals surface area contributed by atoms with Crippen molar-refractivity contribution in [3.05, 3.63) is 36.0 Å². The van der Waals surface area contributed by atoms with Crippen molar-refractivity contribution >= 4 is 10.9 Å². The second kappa shape index (κ2) is 4.99. The van der Waals surface area contributed by atoms with Gasteiger partial charge in [0.1, 0.15) is 0 Å². The van der Waals surface area contributed by atoms with Crippen molar-refractivity contribution in [1.82, 2.24) is 10.3 Å². The molecule has 0 bridgehead atoms. The number of aliphatic hydroxyl groups is 1. The molecule has 0 amide bonds. The molecule has 3 heteroatoms. The van der Waals surface area contributed by atoms with Gasteiger partial charge in [-0.1, -0.05) is 18.2 Å². The second-order valence-corrected chi connectivity index (χ2v) is 5.79. The summed E-state index contributed by atoms with van der Waals surface area (Å²) in [5.41, 5.74) is 2.77. The van der Waals surface area contributed by atoms with Crippen molar-refractivity contribution < 1.29 is 5.11 Å². The van der Waals surface area contributed by atoms with E-state index in [1.54, 1.807) is 0 Å². The third kappa shape index (κ3) is 2.17. The van der Waals surface area contributed by atoms with Crippen molar-refractivity contribution in [3.63, 3.8) is 0 Å². The summed E-state index contributed by atoms with van der Waals surface area (Å²) in [6.07, 6.45) is 5.96. The number of hydrogen-bond donors (Lipinski definition) is 3. The molecular weight excluding hydrogens is 236 g/mol. The van der Waals surface area contributed by atoms with E-state index in [4.69, 9.17) is 0 Å². The van der Waals surface area contributed by atoms with Crippen molar-refractivity contribution in [2.24, 2.45) is 0 Å². The number of para-hydroxylation sites is 1. The van der Waals surface area contributed by atoms with E-state index >= 15 is 0 Å². The molecule has 1 aromatic heterocycles. The standard InChI is InChI=1S/C16H22N2O/c1-17-11-16(8-6-12(19)7-9-16)14-10-18-15-5-3-2-4-13(14)15/h2-5,10,12,17-19H,6-9,11H2,1H3. The SMILES string of the molecule is CNCC1(c2c[nH]c3ccccc23)CCC(O)CC1. The van der Waals surface area contributed by atoms with E-state index in [-0.39, 0.29) is 11.5 Å². The molecule has 19 heavy (non-hydrogen) atoms. The van der Waals surface area contributed by atoms with Gasteiger partial charge in [-0.25, -0.2) is 0 Å². The fourth-order valence-electron chi connectivity index (χ4n) is 3.55. The van der Waals surface area contributed by atoms with Gasteiger partial charge in [-0.2, -0.15) is 0 Å². The van der Waals surface area contributed by atoms with E-state index in [0.717, 1.165) is 32.2 Å². The van der Waals surface area contributed by atoms with Crippen LogP contribution >= 0.6 is 0 Å². The number of hydrogen-bond acceptors (Lipinski definition) is 2. The van der Waals surface area contributed by atoms with Crippen LogP contribution in [0.1, 0.15) is 31.2 Å². The molecule has 0 radical (unpaired) electrons. The first kappa shape index (κ1) is 12.7. The summed E-state index contributed by atoms with van der Waals surface area (Å²) in [7, 11) is 2.02. The zero-order chi connectivity index (χ0) is 13.3. The summed E-state index contributed by atoms with van der Waals surface area (Å²) >= 11 is 0. The van der Waals surface area contributed by atoms with Gasteiger partial charge in [0.05, 0.1) is 6.10 Å². The van der Waals surface area contributed by atoms with E-state index in [9.17, 15) is 5.11 Å². The number of fused-ring (bicyclic) bond motifs is 1. The Morgan fingerprint density at radius 3 is 2.79 bits per heavy atom. The minimum atomic E-state index is -0.116. The summed E-state index contributed by atoms with van der Waals surface area (Å²) in [6.45, 7) is 0.974. The molecule has 1 saturated carbocycles. The molecule has 0 aliphatic heterocycles. The molecule has 0 spiro atoms. The molecule has 1 fully saturated rings. The van der Waals surface area contributed by atoms with Crippen LogP contribution in [0.3, 0.4) is 0 Å². The Hall–Kier alpha value is -1.32. The van der Waals surface area contributed by atoms with E-state index in [0.29, 0.717) is 0 Å². The Kier molecular flexibility index (Phi) is 3.33. The van der Waals surface area contributed by atoms with Gasteiger partial charge in [0, 0.05) is 29.1 Å². The number of H-pyrrole nitrogens is 1. The normalized spacial score (nSPS) is 27.8. The molecule has 102 valence electrons. The quantitative estimate of drug-likeness (QED) is 0.792. The molecule has 0 unspecified atom stereocenters. The Bertz CT molecular complexity index is 553. The molecule has 2 aromatic rings. The lowest BCUT2D eigenvalue weighted by atomic mass is 9.68. The maximum Gasteiger partial charge on any atom is 0.0541 e. The molecule has 3 nitrogen and oxygen atoms in total. The topological polar surface area (TPSA) is 48.0 Å². The van der Waals surface area contributed by atoms with E-state index < -0.39 is 0 Å². The zero-order valence-corrected chi connectivity index (χ0v) is 11.4. The molecular formula is C16H22N2O. The number of likely N-dealkylation sites (N-methyl/N-ethyl adjacent to an activating group) is 1. The van der Waals surface area contributed by atoms with Gasteiger partial charge >= 0.3 is 0 Å². The molecule has 0 saturated heterocycles. The molecule has 1 heterocycles. The fraction of sp³-hybridized carbons (Fsp3) is 0.500. The Labute approximate surface area is 114 Å².